The van der Waals surface area contributed by atoms with Gasteiger partial charge in [-0.05, 0) is 70.8 Å². The fraction of sp³-hybridized carbons (Fsp3) is 0.0588. The number of pyridine rings is 1. The molecule has 0 unspecified atom stereocenters. The summed E-state index contributed by atoms with van der Waals surface area (Å²) < 4.78 is 19.4. The van der Waals surface area contributed by atoms with Gasteiger partial charge in [0.15, 0.2) is 5.82 Å². The Morgan fingerprint density at radius 1 is 0.767 bits per heavy atom. The highest BCUT2D eigenvalue weighted by Crippen LogP contribution is 2.27. The number of hydrogen-bond donors (Lipinski definition) is 3. The van der Waals surface area contributed by atoms with Crippen LogP contribution in [0.1, 0.15) is 42.2 Å². The normalized spacial score (nSPS) is 10.6. The average Bonchev–Trinajstić information content (AvgIpc) is 3.05. The summed E-state index contributed by atoms with van der Waals surface area (Å²) in [5, 5.41) is 5.37. The van der Waals surface area contributed by atoms with Crippen molar-refractivity contribution in [3.8, 4) is 11.1 Å². The third-order valence-corrected chi connectivity index (χ3v) is 6.62. The first-order chi connectivity index (χ1) is 20.9. The fourth-order valence-electron chi connectivity index (χ4n) is 4.40. The van der Waals surface area contributed by atoms with Crippen LogP contribution in [-0.4, -0.2) is 22.8 Å². The zero-order valence-corrected chi connectivity index (χ0v) is 22.9. The Bertz CT molecular complexity index is 1790. The topological polar surface area (TPSA) is 123 Å². The largest absolute Gasteiger partial charge is 0.457 e. The maximum absolute atomic E-state index is 14.0. The van der Waals surface area contributed by atoms with E-state index >= 15 is 0 Å². The zero-order chi connectivity index (χ0) is 30.2. The second-order valence-electron chi connectivity index (χ2n) is 9.56. The van der Waals surface area contributed by atoms with Gasteiger partial charge in [0.05, 0.1) is 17.4 Å². The molecule has 0 spiro atoms. The summed E-state index contributed by atoms with van der Waals surface area (Å²) in [7, 11) is 0. The number of carbonyl (C=O) groups excluding carboxylic acids is 3. The minimum Gasteiger partial charge on any atom is -0.457 e. The van der Waals surface area contributed by atoms with Crippen LogP contribution in [0.25, 0.3) is 11.1 Å². The Balaban J connectivity index is 1.32. The molecule has 1 heterocycles. The number of nitrogens with two attached hydrogens (primary N) is 1. The van der Waals surface area contributed by atoms with Crippen LogP contribution in [0.3, 0.4) is 0 Å². The summed E-state index contributed by atoms with van der Waals surface area (Å²) in [5.74, 6) is -2.06. The highest BCUT2D eigenvalue weighted by atomic mass is 19.1. The first-order valence-corrected chi connectivity index (χ1v) is 13.4. The number of carbonyl (C=O) groups is 3. The van der Waals surface area contributed by atoms with Gasteiger partial charge in [-0.25, -0.2) is 9.18 Å². The second kappa shape index (κ2) is 13.3. The van der Waals surface area contributed by atoms with Crippen molar-refractivity contribution in [1.82, 2.24) is 4.98 Å². The van der Waals surface area contributed by atoms with E-state index in [9.17, 15) is 18.8 Å². The smallest absolute Gasteiger partial charge is 0.338 e. The van der Waals surface area contributed by atoms with Gasteiger partial charge in [0.2, 0.25) is 0 Å². The molecular formula is C34H27FN4O4. The molecule has 0 fully saturated rings. The number of amides is 2. The number of aromatic nitrogens is 1. The summed E-state index contributed by atoms with van der Waals surface area (Å²) in [5.41, 5.74) is 10.3. The molecular weight excluding hydrogens is 547 g/mol. The van der Waals surface area contributed by atoms with Crippen molar-refractivity contribution in [2.24, 2.45) is 5.73 Å². The standard InChI is InChI=1S/C34H27FN4O4/c35-30-20-37-15-14-31(30)39-33(41)25-12-13-27(19-36)29(18-25)23-8-4-9-24(16-23)32(40)38-28-11-5-10-26(17-28)34(42)43-21-22-6-2-1-3-7-22/h1-18,20H,19,21,36H2,(H,38,40)(H,37,39,41). The van der Waals surface area contributed by atoms with E-state index in [0.717, 1.165) is 17.3 Å². The van der Waals surface area contributed by atoms with Crippen molar-refractivity contribution in [2.45, 2.75) is 13.2 Å². The molecule has 0 bridgehead atoms. The maximum atomic E-state index is 14.0. The zero-order valence-electron chi connectivity index (χ0n) is 22.9. The Hall–Kier alpha value is -5.67. The molecule has 0 atom stereocenters. The predicted octanol–water partition coefficient (Wildman–Crippen LogP) is 6.21. The van der Waals surface area contributed by atoms with E-state index in [-0.39, 0.29) is 24.4 Å². The molecule has 0 aliphatic heterocycles. The first-order valence-electron chi connectivity index (χ1n) is 13.4. The molecule has 1 aromatic heterocycles. The molecule has 5 aromatic rings. The monoisotopic (exact) mass is 574 g/mol. The molecule has 9 heteroatoms. The van der Waals surface area contributed by atoms with Gasteiger partial charge in [-0.3, -0.25) is 14.6 Å². The number of benzene rings is 4. The summed E-state index contributed by atoms with van der Waals surface area (Å²) in [6, 6.07) is 29.1. The third kappa shape index (κ3) is 7.16. The number of esters is 1. The van der Waals surface area contributed by atoms with Crippen LogP contribution in [-0.2, 0) is 17.9 Å². The second-order valence-corrected chi connectivity index (χ2v) is 9.56. The lowest BCUT2D eigenvalue weighted by molar-refractivity contribution is 0.0472. The lowest BCUT2D eigenvalue weighted by Gasteiger charge is -2.13. The molecule has 4 N–H and O–H groups in total. The van der Waals surface area contributed by atoms with E-state index in [0.29, 0.717) is 27.9 Å². The van der Waals surface area contributed by atoms with E-state index in [2.05, 4.69) is 15.6 Å². The van der Waals surface area contributed by atoms with Crippen LogP contribution in [0.15, 0.2) is 116 Å². The Kier molecular flexibility index (Phi) is 8.94. The Morgan fingerprint density at radius 3 is 2.30 bits per heavy atom. The Morgan fingerprint density at radius 2 is 1.51 bits per heavy atom. The lowest BCUT2D eigenvalue weighted by atomic mass is 9.95. The SMILES string of the molecule is NCc1ccc(C(=O)Nc2ccncc2F)cc1-c1cccc(C(=O)Nc2cccc(C(=O)OCc3ccccc3)c2)c1. The molecule has 4 aromatic carbocycles. The number of nitrogens with zero attached hydrogens (tertiary/aromatic N) is 1. The number of nitrogens with one attached hydrogen (secondary N) is 2. The third-order valence-electron chi connectivity index (χ3n) is 6.62. The number of halogens is 1. The molecule has 0 aliphatic carbocycles. The molecule has 43 heavy (non-hydrogen) atoms. The van der Waals surface area contributed by atoms with E-state index in [1.165, 1.54) is 12.3 Å². The van der Waals surface area contributed by atoms with Crippen molar-refractivity contribution < 1.29 is 23.5 Å². The molecule has 0 saturated heterocycles. The number of hydrogen-bond acceptors (Lipinski definition) is 6. The fourth-order valence-corrected chi connectivity index (χ4v) is 4.40. The minimum atomic E-state index is -0.650. The molecule has 0 radical (unpaired) electrons. The summed E-state index contributed by atoms with van der Waals surface area (Å²) in [6.45, 7) is 0.330. The summed E-state index contributed by atoms with van der Waals surface area (Å²) in [6.07, 6.45) is 2.40. The van der Waals surface area contributed by atoms with Crippen molar-refractivity contribution in [3.63, 3.8) is 0 Å². The van der Waals surface area contributed by atoms with Crippen LogP contribution in [0.2, 0.25) is 0 Å². The van der Waals surface area contributed by atoms with Gasteiger partial charge in [0.1, 0.15) is 6.61 Å². The van der Waals surface area contributed by atoms with Gasteiger partial charge in [-0.2, -0.15) is 0 Å². The highest BCUT2D eigenvalue weighted by Gasteiger charge is 2.15. The molecule has 0 saturated carbocycles. The summed E-state index contributed by atoms with van der Waals surface area (Å²) >= 11 is 0. The molecule has 0 aliphatic rings. The minimum absolute atomic E-state index is 0.0108. The van der Waals surface area contributed by atoms with E-state index in [4.69, 9.17) is 10.5 Å². The van der Waals surface area contributed by atoms with E-state index < -0.39 is 23.6 Å². The van der Waals surface area contributed by atoms with Gasteiger partial charge in [0, 0.05) is 29.6 Å². The average molecular weight is 575 g/mol. The van der Waals surface area contributed by atoms with Gasteiger partial charge in [-0.15, -0.1) is 0 Å². The van der Waals surface area contributed by atoms with Crippen LogP contribution in [0, 0.1) is 5.82 Å². The van der Waals surface area contributed by atoms with Gasteiger partial charge in [0.25, 0.3) is 11.8 Å². The molecule has 2 amide bonds. The maximum Gasteiger partial charge on any atom is 0.338 e. The van der Waals surface area contributed by atoms with Crippen LogP contribution < -0.4 is 16.4 Å². The molecule has 214 valence electrons. The Labute approximate surface area is 247 Å². The lowest BCUT2D eigenvalue weighted by Crippen LogP contribution is -2.14. The van der Waals surface area contributed by atoms with Crippen LogP contribution >= 0.6 is 0 Å². The van der Waals surface area contributed by atoms with E-state index in [1.807, 2.05) is 30.3 Å². The van der Waals surface area contributed by atoms with Crippen LogP contribution in [0.4, 0.5) is 15.8 Å². The van der Waals surface area contributed by atoms with Crippen molar-refractivity contribution >= 4 is 29.2 Å². The highest BCUT2D eigenvalue weighted by molar-refractivity contribution is 6.07. The number of anilines is 2. The van der Waals surface area contributed by atoms with Crippen LogP contribution in [0.5, 0.6) is 0 Å². The number of ether oxygens (including phenoxy) is 1. The van der Waals surface area contributed by atoms with Gasteiger partial charge >= 0.3 is 5.97 Å². The first kappa shape index (κ1) is 28.8. The quantitative estimate of drug-likeness (QED) is 0.180. The predicted molar refractivity (Wildman–Crippen MR) is 162 cm³/mol. The van der Waals surface area contributed by atoms with Crippen molar-refractivity contribution in [3.05, 3.63) is 149 Å². The molecule has 8 nitrogen and oxygen atoms in total. The molecule has 5 rings (SSSR count). The number of rotatable bonds is 9. The van der Waals surface area contributed by atoms with Gasteiger partial charge < -0.3 is 21.1 Å². The van der Waals surface area contributed by atoms with E-state index in [1.54, 1.807) is 66.7 Å². The summed E-state index contributed by atoms with van der Waals surface area (Å²) in [4.78, 5) is 42.4. The van der Waals surface area contributed by atoms with Gasteiger partial charge in [-0.1, -0.05) is 54.6 Å². The van der Waals surface area contributed by atoms with Crippen molar-refractivity contribution in [1.29, 1.82) is 0 Å². The van der Waals surface area contributed by atoms with Crippen molar-refractivity contribution in [2.75, 3.05) is 10.6 Å².